The molecule has 4 rings (SSSR count). The molecule has 0 atom stereocenters. The molecule has 34 heavy (non-hydrogen) atoms. The third-order valence-corrected chi connectivity index (χ3v) is 8.43. The molecule has 0 saturated carbocycles. The molecule has 0 N–H and O–H groups in total. The summed E-state index contributed by atoms with van der Waals surface area (Å²) < 4.78 is 26.1. The average molecular weight is 515 g/mol. The minimum absolute atomic E-state index is 0.0521. The summed E-state index contributed by atoms with van der Waals surface area (Å²) in [5.41, 5.74) is 1.71. The van der Waals surface area contributed by atoms with Gasteiger partial charge in [0.15, 0.2) is 9.84 Å². The van der Waals surface area contributed by atoms with Crippen LogP contribution in [0.15, 0.2) is 70.7 Å². The number of nitrogens with zero attached hydrogens (tertiary/aromatic N) is 4. The largest absolute Gasteiger partial charge is 0.324 e. The van der Waals surface area contributed by atoms with Crippen molar-refractivity contribution in [3.05, 3.63) is 81.2 Å². The summed E-state index contributed by atoms with van der Waals surface area (Å²) in [6.45, 7) is 1.94. The highest BCUT2D eigenvalue weighted by molar-refractivity contribution is 7.91. The van der Waals surface area contributed by atoms with Crippen LogP contribution in [0.2, 0.25) is 0 Å². The van der Waals surface area contributed by atoms with Crippen molar-refractivity contribution in [3.8, 4) is 0 Å². The number of anilines is 1. The lowest BCUT2D eigenvalue weighted by Crippen LogP contribution is -2.27. The molecule has 174 valence electrons. The number of thiazole rings is 1. The highest BCUT2D eigenvalue weighted by atomic mass is 32.2. The van der Waals surface area contributed by atoms with Crippen LogP contribution in [0.5, 0.6) is 0 Å². The van der Waals surface area contributed by atoms with E-state index in [9.17, 15) is 23.3 Å². The van der Waals surface area contributed by atoms with E-state index in [2.05, 4.69) is 10.1 Å². The van der Waals surface area contributed by atoms with E-state index in [1.807, 2.05) is 25.1 Å². The maximum atomic E-state index is 13.1. The van der Waals surface area contributed by atoms with Crippen LogP contribution in [0.4, 0.5) is 10.1 Å². The zero-order valence-corrected chi connectivity index (χ0v) is 20.3. The molecule has 1 amide bonds. The second-order valence-corrected chi connectivity index (χ2v) is 11.4. The van der Waals surface area contributed by atoms with Gasteiger partial charge in [0.1, 0.15) is 0 Å². The summed E-state index contributed by atoms with van der Waals surface area (Å²) in [5, 5.41) is 16.5. The molecule has 0 aliphatic rings. The fourth-order valence-electron chi connectivity index (χ4n) is 3.03. The third-order valence-electron chi connectivity index (χ3n) is 4.73. The summed E-state index contributed by atoms with van der Waals surface area (Å²) in [6, 6.07) is 16.5. The number of hydrogen-bond acceptors (Lipinski definition) is 9. The van der Waals surface area contributed by atoms with Gasteiger partial charge in [-0.1, -0.05) is 46.9 Å². The average Bonchev–Trinajstić information content (AvgIpc) is 3.45. The fraction of sp³-hybridized carbons (Fsp3) is 0.136. The van der Waals surface area contributed by atoms with E-state index in [-0.39, 0.29) is 21.4 Å². The Hall–Kier alpha value is -3.48. The van der Waals surface area contributed by atoms with Crippen molar-refractivity contribution in [1.29, 1.82) is 0 Å². The van der Waals surface area contributed by atoms with Crippen molar-refractivity contribution in [2.75, 3.05) is 10.8 Å². The van der Waals surface area contributed by atoms with Crippen molar-refractivity contribution >= 4 is 65.0 Å². The van der Waals surface area contributed by atoms with Crippen LogP contribution in [-0.2, 0) is 14.6 Å². The van der Waals surface area contributed by atoms with Crippen LogP contribution < -0.4 is 5.01 Å². The van der Waals surface area contributed by atoms with Crippen LogP contribution in [0, 0.1) is 17.0 Å². The van der Waals surface area contributed by atoms with Gasteiger partial charge in [-0.3, -0.25) is 14.9 Å². The zero-order chi connectivity index (χ0) is 24.3. The highest BCUT2D eigenvalue weighted by Gasteiger charge is 2.23. The van der Waals surface area contributed by atoms with E-state index >= 15 is 0 Å². The molecule has 2 aromatic carbocycles. The first-order valence-electron chi connectivity index (χ1n) is 9.99. The second-order valence-electron chi connectivity index (χ2n) is 7.23. The van der Waals surface area contributed by atoms with Crippen molar-refractivity contribution in [2.45, 2.75) is 18.2 Å². The molecule has 2 aromatic heterocycles. The fourth-order valence-corrected chi connectivity index (χ4v) is 6.01. The zero-order valence-electron chi connectivity index (χ0n) is 17.8. The maximum absolute atomic E-state index is 13.1. The van der Waals surface area contributed by atoms with E-state index in [0.29, 0.717) is 10.4 Å². The number of aromatic nitrogens is 1. The molecule has 0 fully saturated rings. The summed E-state index contributed by atoms with van der Waals surface area (Å²) in [5.74, 6) is -0.950. The molecule has 0 unspecified atom stereocenters. The van der Waals surface area contributed by atoms with Crippen LogP contribution >= 0.6 is 22.7 Å². The molecule has 0 spiro atoms. The Labute approximate surface area is 203 Å². The van der Waals surface area contributed by atoms with Gasteiger partial charge in [0.2, 0.25) is 5.13 Å². The Balaban J connectivity index is 1.62. The number of hydrogen-bond donors (Lipinski definition) is 0. The Morgan fingerprint density at radius 3 is 2.62 bits per heavy atom. The number of amides is 1. The van der Waals surface area contributed by atoms with Crippen molar-refractivity contribution in [3.63, 3.8) is 0 Å². The van der Waals surface area contributed by atoms with Gasteiger partial charge >= 0.3 is 5.00 Å². The van der Waals surface area contributed by atoms with Gasteiger partial charge < -0.3 is 0 Å². The number of aryl methyl sites for hydroxylation is 1. The Bertz CT molecular complexity index is 1490. The Kier molecular flexibility index (Phi) is 6.82. The van der Waals surface area contributed by atoms with Crippen LogP contribution in [0.3, 0.4) is 0 Å². The number of nitro groups is 1. The monoisotopic (exact) mass is 514 g/mol. The summed E-state index contributed by atoms with van der Waals surface area (Å²) in [6.07, 6.45) is 1.02. The van der Waals surface area contributed by atoms with Gasteiger partial charge in [-0.15, -0.1) is 0 Å². The number of carbonyl (C=O) groups is 1. The molecule has 0 radical (unpaired) electrons. The standard InChI is InChI=1S/C22H18N4O5S3/c1-15-7-9-18-19(13-15)33-22(24-18)25(23-14-16-8-10-21(32-16)26(28)29)20(27)11-12-34(30,31)17-5-3-2-4-6-17/h2-10,13-14H,11-12H2,1H3/b23-14+. The van der Waals surface area contributed by atoms with Crippen molar-refractivity contribution in [2.24, 2.45) is 5.10 Å². The number of benzene rings is 2. The molecular formula is C22H18N4O5S3. The molecule has 0 bridgehead atoms. The van der Waals surface area contributed by atoms with Crippen LogP contribution in [0.1, 0.15) is 16.9 Å². The number of hydrazone groups is 1. The summed E-state index contributed by atoms with van der Waals surface area (Å²) in [7, 11) is -3.66. The maximum Gasteiger partial charge on any atom is 0.324 e. The number of rotatable bonds is 8. The van der Waals surface area contributed by atoms with E-state index in [1.165, 1.54) is 41.8 Å². The number of fused-ring (bicyclic) bond motifs is 1. The van der Waals surface area contributed by atoms with Gasteiger partial charge in [-0.2, -0.15) is 10.1 Å². The lowest BCUT2D eigenvalue weighted by atomic mass is 10.2. The molecule has 0 aliphatic carbocycles. The van der Waals surface area contributed by atoms with Gasteiger partial charge in [-0.05, 0) is 42.8 Å². The first kappa shape index (κ1) is 23.7. The van der Waals surface area contributed by atoms with Crippen LogP contribution in [0.25, 0.3) is 10.2 Å². The van der Waals surface area contributed by atoms with Gasteiger partial charge in [-0.25, -0.2) is 13.4 Å². The molecule has 9 nitrogen and oxygen atoms in total. The van der Waals surface area contributed by atoms with Crippen molar-refractivity contribution in [1.82, 2.24) is 4.98 Å². The lowest BCUT2D eigenvalue weighted by molar-refractivity contribution is -0.380. The Morgan fingerprint density at radius 1 is 1.15 bits per heavy atom. The molecule has 2 heterocycles. The number of sulfone groups is 1. The van der Waals surface area contributed by atoms with E-state index in [4.69, 9.17) is 0 Å². The predicted octanol–water partition coefficient (Wildman–Crippen LogP) is 4.81. The summed E-state index contributed by atoms with van der Waals surface area (Å²) in [4.78, 5) is 28.6. The molecule has 4 aromatic rings. The van der Waals surface area contributed by atoms with Gasteiger partial charge in [0.05, 0.1) is 36.9 Å². The van der Waals surface area contributed by atoms with E-state index < -0.39 is 26.4 Å². The van der Waals surface area contributed by atoms with Gasteiger partial charge in [0, 0.05) is 12.5 Å². The molecule has 0 saturated heterocycles. The van der Waals surface area contributed by atoms with Crippen LogP contribution in [-0.4, -0.2) is 36.2 Å². The first-order chi connectivity index (χ1) is 16.2. The summed E-state index contributed by atoms with van der Waals surface area (Å²) >= 11 is 2.16. The first-order valence-corrected chi connectivity index (χ1v) is 13.3. The minimum atomic E-state index is -3.66. The number of thiophene rings is 1. The van der Waals surface area contributed by atoms with Crippen molar-refractivity contribution < 1.29 is 18.1 Å². The normalized spacial score (nSPS) is 11.8. The minimum Gasteiger partial charge on any atom is -0.272 e. The smallest absolute Gasteiger partial charge is 0.272 e. The lowest BCUT2D eigenvalue weighted by Gasteiger charge is -2.13. The second kappa shape index (κ2) is 9.79. The number of carbonyl (C=O) groups excluding carboxylic acids is 1. The SMILES string of the molecule is Cc1ccc2nc(N(/N=C/c3ccc([N+](=O)[O-])s3)C(=O)CCS(=O)(=O)c3ccccc3)sc2c1. The molecular weight excluding hydrogens is 496 g/mol. The van der Waals surface area contributed by atoms with E-state index in [1.54, 1.807) is 18.2 Å². The highest BCUT2D eigenvalue weighted by Crippen LogP contribution is 2.31. The predicted molar refractivity (Wildman–Crippen MR) is 134 cm³/mol. The van der Waals surface area contributed by atoms with E-state index in [0.717, 1.165) is 26.6 Å². The topological polar surface area (TPSA) is 123 Å². The Morgan fingerprint density at radius 2 is 1.91 bits per heavy atom. The van der Waals surface area contributed by atoms with Gasteiger partial charge in [0.25, 0.3) is 5.91 Å². The third kappa shape index (κ3) is 5.35. The molecule has 0 aliphatic heterocycles. The molecule has 12 heteroatoms. The quantitative estimate of drug-likeness (QED) is 0.189.